The Morgan fingerprint density at radius 3 is 2.67 bits per heavy atom. The normalized spacial score (nSPS) is 14.2. The van der Waals surface area contributed by atoms with Gasteiger partial charge in [-0.05, 0) is 27.4 Å². The minimum Gasteiger partial charge on any atom is -0.391 e. The van der Waals surface area contributed by atoms with E-state index in [4.69, 9.17) is 0 Å². The third-order valence-electron chi connectivity index (χ3n) is 2.26. The van der Waals surface area contributed by atoms with Crippen molar-refractivity contribution in [2.24, 2.45) is 5.41 Å². The van der Waals surface area contributed by atoms with Crippen molar-refractivity contribution in [3.63, 3.8) is 0 Å². The zero-order valence-electron chi connectivity index (χ0n) is 9.38. The molecule has 0 saturated heterocycles. The SMILES string of the molecule is CC(C)(C)C(O)CNCc1cc(Br)cs1. The molecular weight excluding hydrogens is 274 g/mol. The number of aliphatic hydroxyl groups is 1. The summed E-state index contributed by atoms with van der Waals surface area (Å²) in [5.74, 6) is 0. The first-order chi connectivity index (χ1) is 6.89. The molecule has 0 aliphatic rings. The Bertz CT molecular complexity index is 306. The Morgan fingerprint density at radius 2 is 2.20 bits per heavy atom. The molecule has 0 bridgehead atoms. The summed E-state index contributed by atoms with van der Waals surface area (Å²) < 4.78 is 1.13. The summed E-state index contributed by atoms with van der Waals surface area (Å²) >= 11 is 5.14. The van der Waals surface area contributed by atoms with Gasteiger partial charge < -0.3 is 10.4 Å². The minimum atomic E-state index is -0.305. The molecule has 0 aromatic carbocycles. The topological polar surface area (TPSA) is 32.3 Å². The van der Waals surface area contributed by atoms with E-state index in [-0.39, 0.29) is 11.5 Å². The van der Waals surface area contributed by atoms with Crippen LogP contribution in [0, 0.1) is 5.41 Å². The van der Waals surface area contributed by atoms with Gasteiger partial charge in [-0.25, -0.2) is 0 Å². The molecule has 0 fully saturated rings. The molecule has 2 nitrogen and oxygen atoms in total. The van der Waals surface area contributed by atoms with Crippen molar-refractivity contribution >= 4 is 27.3 Å². The van der Waals surface area contributed by atoms with Crippen LogP contribution in [-0.2, 0) is 6.54 Å². The van der Waals surface area contributed by atoms with Gasteiger partial charge in [0.2, 0.25) is 0 Å². The van der Waals surface area contributed by atoms with Crippen LogP contribution in [0.4, 0.5) is 0 Å². The highest BCUT2D eigenvalue weighted by Crippen LogP contribution is 2.20. The Kier molecular flexibility index (Phi) is 4.77. The lowest BCUT2D eigenvalue weighted by Crippen LogP contribution is -2.36. The second kappa shape index (κ2) is 5.43. The van der Waals surface area contributed by atoms with E-state index < -0.39 is 0 Å². The van der Waals surface area contributed by atoms with Crippen LogP contribution >= 0.6 is 27.3 Å². The van der Waals surface area contributed by atoms with E-state index in [1.807, 2.05) is 20.8 Å². The van der Waals surface area contributed by atoms with Gasteiger partial charge in [0.05, 0.1) is 6.10 Å². The fourth-order valence-corrected chi connectivity index (χ4v) is 2.51. The molecule has 1 atom stereocenters. The monoisotopic (exact) mass is 291 g/mol. The molecule has 1 rings (SSSR count). The maximum absolute atomic E-state index is 9.80. The minimum absolute atomic E-state index is 0.0525. The smallest absolute Gasteiger partial charge is 0.0712 e. The molecule has 0 aliphatic heterocycles. The zero-order chi connectivity index (χ0) is 11.5. The summed E-state index contributed by atoms with van der Waals surface area (Å²) in [5, 5.41) is 15.1. The van der Waals surface area contributed by atoms with Crippen LogP contribution < -0.4 is 5.32 Å². The number of hydrogen-bond acceptors (Lipinski definition) is 3. The number of aliphatic hydroxyl groups excluding tert-OH is 1. The Hall–Kier alpha value is 0.1000. The largest absolute Gasteiger partial charge is 0.391 e. The molecule has 1 heterocycles. The third kappa shape index (κ3) is 4.64. The van der Waals surface area contributed by atoms with E-state index in [9.17, 15) is 5.11 Å². The lowest BCUT2D eigenvalue weighted by Gasteiger charge is -2.25. The van der Waals surface area contributed by atoms with Crippen LogP contribution in [-0.4, -0.2) is 17.8 Å². The van der Waals surface area contributed by atoms with Crippen molar-refractivity contribution in [1.29, 1.82) is 0 Å². The highest BCUT2D eigenvalue weighted by molar-refractivity contribution is 9.10. The summed E-state index contributed by atoms with van der Waals surface area (Å²) in [6.45, 7) is 7.59. The average Bonchev–Trinajstić information content (AvgIpc) is 2.49. The van der Waals surface area contributed by atoms with Gasteiger partial charge in [-0.2, -0.15) is 0 Å². The molecule has 1 aromatic rings. The Morgan fingerprint density at radius 1 is 1.53 bits per heavy atom. The van der Waals surface area contributed by atoms with E-state index in [2.05, 4.69) is 32.7 Å². The molecule has 15 heavy (non-hydrogen) atoms. The van der Waals surface area contributed by atoms with Crippen molar-refractivity contribution in [2.75, 3.05) is 6.54 Å². The van der Waals surface area contributed by atoms with Gasteiger partial charge in [0.15, 0.2) is 0 Å². The number of thiophene rings is 1. The Balaban J connectivity index is 2.28. The van der Waals surface area contributed by atoms with Crippen LogP contribution in [0.25, 0.3) is 0 Å². The third-order valence-corrected chi connectivity index (χ3v) is 3.96. The predicted molar refractivity (Wildman–Crippen MR) is 69.2 cm³/mol. The molecule has 2 N–H and O–H groups in total. The maximum Gasteiger partial charge on any atom is 0.0712 e. The van der Waals surface area contributed by atoms with Crippen LogP contribution in [0.1, 0.15) is 25.6 Å². The molecular formula is C11H18BrNOS. The molecule has 0 aliphatic carbocycles. The number of rotatable bonds is 4. The van der Waals surface area contributed by atoms with Crippen LogP contribution in [0.15, 0.2) is 15.9 Å². The van der Waals surface area contributed by atoms with Crippen molar-refractivity contribution < 1.29 is 5.11 Å². The number of nitrogens with one attached hydrogen (secondary N) is 1. The van der Waals surface area contributed by atoms with E-state index in [0.717, 1.165) is 11.0 Å². The molecule has 4 heteroatoms. The molecule has 0 radical (unpaired) electrons. The molecule has 1 aromatic heterocycles. The quantitative estimate of drug-likeness (QED) is 0.894. The molecule has 86 valence electrons. The van der Waals surface area contributed by atoms with E-state index in [1.54, 1.807) is 11.3 Å². The van der Waals surface area contributed by atoms with Gasteiger partial charge in [-0.15, -0.1) is 11.3 Å². The Labute approximate surface area is 104 Å². The van der Waals surface area contributed by atoms with E-state index >= 15 is 0 Å². The highest BCUT2D eigenvalue weighted by atomic mass is 79.9. The van der Waals surface area contributed by atoms with Crippen molar-refractivity contribution in [3.8, 4) is 0 Å². The standard InChI is InChI=1S/C11H18BrNOS/c1-11(2,3)10(14)6-13-5-9-4-8(12)7-15-9/h4,7,10,13-14H,5-6H2,1-3H3. The van der Waals surface area contributed by atoms with Crippen LogP contribution in [0.5, 0.6) is 0 Å². The fraction of sp³-hybridized carbons (Fsp3) is 0.636. The lowest BCUT2D eigenvalue weighted by atomic mass is 9.89. The van der Waals surface area contributed by atoms with Gasteiger partial charge >= 0.3 is 0 Å². The second-order valence-corrected chi connectivity index (χ2v) is 6.66. The summed E-state index contributed by atoms with van der Waals surface area (Å²) in [5.41, 5.74) is -0.0525. The lowest BCUT2D eigenvalue weighted by molar-refractivity contribution is 0.0628. The first-order valence-electron chi connectivity index (χ1n) is 5.01. The maximum atomic E-state index is 9.80. The van der Waals surface area contributed by atoms with Gasteiger partial charge in [0.25, 0.3) is 0 Å². The fourth-order valence-electron chi connectivity index (χ4n) is 1.08. The summed E-state index contributed by atoms with van der Waals surface area (Å²) in [6.07, 6.45) is -0.305. The van der Waals surface area contributed by atoms with Crippen LogP contribution in [0.3, 0.4) is 0 Å². The van der Waals surface area contributed by atoms with Crippen molar-refractivity contribution in [2.45, 2.75) is 33.4 Å². The van der Waals surface area contributed by atoms with E-state index in [0.29, 0.717) is 6.54 Å². The first kappa shape index (κ1) is 13.2. The zero-order valence-corrected chi connectivity index (χ0v) is 11.8. The summed E-state index contributed by atoms with van der Waals surface area (Å²) in [7, 11) is 0. The van der Waals surface area contributed by atoms with Gasteiger partial charge in [-0.3, -0.25) is 0 Å². The highest BCUT2D eigenvalue weighted by Gasteiger charge is 2.21. The average molecular weight is 292 g/mol. The molecule has 0 saturated carbocycles. The number of halogens is 1. The van der Waals surface area contributed by atoms with Gasteiger partial charge in [0, 0.05) is 27.8 Å². The summed E-state index contributed by atoms with van der Waals surface area (Å²) in [4.78, 5) is 1.28. The van der Waals surface area contributed by atoms with Crippen LogP contribution in [0.2, 0.25) is 0 Å². The predicted octanol–water partition coefficient (Wildman–Crippen LogP) is 3.01. The molecule has 0 amide bonds. The number of hydrogen-bond donors (Lipinski definition) is 2. The van der Waals surface area contributed by atoms with E-state index in [1.165, 1.54) is 4.88 Å². The molecule has 1 unspecified atom stereocenters. The summed E-state index contributed by atoms with van der Waals surface area (Å²) in [6, 6.07) is 2.10. The van der Waals surface area contributed by atoms with Crippen molar-refractivity contribution in [1.82, 2.24) is 5.32 Å². The molecule has 0 spiro atoms. The van der Waals surface area contributed by atoms with Gasteiger partial charge in [-0.1, -0.05) is 20.8 Å². The van der Waals surface area contributed by atoms with Crippen molar-refractivity contribution in [3.05, 3.63) is 20.8 Å². The van der Waals surface area contributed by atoms with Gasteiger partial charge in [0.1, 0.15) is 0 Å². The second-order valence-electron chi connectivity index (χ2n) is 4.74. The first-order valence-corrected chi connectivity index (χ1v) is 6.68.